The number of thiophene rings is 1. The van der Waals surface area contributed by atoms with Gasteiger partial charge in [0.2, 0.25) is 5.91 Å². The maximum Gasteiger partial charge on any atom is 0.230 e. The van der Waals surface area contributed by atoms with E-state index in [-0.39, 0.29) is 12.5 Å². The summed E-state index contributed by atoms with van der Waals surface area (Å²) in [7, 11) is 0. The summed E-state index contributed by atoms with van der Waals surface area (Å²) in [5.41, 5.74) is -1.08. The number of hydrogen-bond acceptors (Lipinski definition) is 5. The fraction of sp³-hybridized carbons (Fsp3) is 0.318. The van der Waals surface area contributed by atoms with Crippen molar-refractivity contribution in [3.05, 3.63) is 82.4 Å². The van der Waals surface area contributed by atoms with E-state index < -0.39 is 11.0 Å². The van der Waals surface area contributed by atoms with Crippen molar-refractivity contribution in [1.82, 2.24) is 5.32 Å². The SMILES string of the molecule is O=C(NCC(O)(c1ccco1)c1cccs1)C1(c2ccccc2)CCOCC1. The van der Waals surface area contributed by atoms with E-state index in [1.165, 1.54) is 17.6 Å². The number of carbonyl (C=O) groups is 1. The van der Waals surface area contributed by atoms with E-state index in [1.54, 1.807) is 12.1 Å². The van der Waals surface area contributed by atoms with E-state index >= 15 is 0 Å². The van der Waals surface area contributed by atoms with Crippen LogP contribution >= 0.6 is 11.3 Å². The number of aliphatic hydroxyl groups is 1. The number of hydrogen-bond donors (Lipinski definition) is 2. The van der Waals surface area contributed by atoms with Crippen molar-refractivity contribution in [2.75, 3.05) is 19.8 Å². The second-order valence-electron chi connectivity index (χ2n) is 7.06. The van der Waals surface area contributed by atoms with Crippen molar-refractivity contribution < 1.29 is 19.1 Å². The van der Waals surface area contributed by atoms with Crippen LogP contribution in [0, 0.1) is 0 Å². The van der Waals surface area contributed by atoms with Gasteiger partial charge in [0.25, 0.3) is 0 Å². The highest BCUT2D eigenvalue weighted by Crippen LogP contribution is 2.37. The third kappa shape index (κ3) is 3.39. The minimum Gasteiger partial charge on any atom is -0.466 e. The van der Waals surface area contributed by atoms with Gasteiger partial charge in [-0.15, -0.1) is 11.3 Å². The summed E-state index contributed by atoms with van der Waals surface area (Å²) in [5.74, 6) is 0.319. The van der Waals surface area contributed by atoms with Gasteiger partial charge in [0.15, 0.2) is 5.60 Å². The summed E-state index contributed by atoms with van der Waals surface area (Å²) in [6.07, 6.45) is 2.75. The molecule has 6 heteroatoms. The minimum absolute atomic E-state index is 0.0370. The van der Waals surface area contributed by atoms with Gasteiger partial charge in [0, 0.05) is 18.1 Å². The van der Waals surface area contributed by atoms with Gasteiger partial charge in [-0.25, -0.2) is 0 Å². The van der Waals surface area contributed by atoms with Crippen LogP contribution in [-0.4, -0.2) is 30.8 Å². The molecule has 3 aromatic rings. The number of rotatable bonds is 6. The molecule has 0 spiro atoms. The Balaban J connectivity index is 1.61. The van der Waals surface area contributed by atoms with E-state index in [4.69, 9.17) is 9.15 Å². The lowest BCUT2D eigenvalue weighted by Crippen LogP contribution is -2.51. The standard InChI is InChI=1S/C22H23NO4S/c24-20(21(10-13-26-14-11-21)17-6-2-1-3-7-17)23-16-22(25,18-8-4-12-27-18)19-9-5-15-28-19/h1-9,12,15,25H,10-11,13-14,16H2,(H,23,24). The molecule has 5 nitrogen and oxygen atoms in total. The van der Waals surface area contributed by atoms with E-state index in [2.05, 4.69) is 5.32 Å². The first-order valence-corrected chi connectivity index (χ1v) is 10.2. The highest BCUT2D eigenvalue weighted by atomic mass is 32.1. The Labute approximate surface area is 168 Å². The summed E-state index contributed by atoms with van der Waals surface area (Å²) in [4.78, 5) is 14.1. The molecule has 1 amide bonds. The monoisotopic (exact) mass is 397 g/mol. The molecule has 2 N–H and O–H groups in total. The van der Waals surface area contributed by atoms with Crippen LogP contribution in [0.1, 0.15) is 29.0 Å². The number of furan rings is 1. The molecule has 0 radical (unpaired) electrons. The topological polar surface area (TPSA) is 71.7 Å². The first-order valence-electron chi connectivity index (χ1n) is 9.37. The number of nitrogens with one attached hydrogen (secondary N) is 1. The van der Waals surface area contributed by atoms with Crippen LogP contribution in [0.3, 0.4) is 0 Å². The molecule has 28 heavy (non-hydrogen) atoms. The van der Waals surface area contributed by atoms with E-state index in [0.29, 0.717) is 31.8 Å². The molecule has 1 aliphatic rings. The molecule has 1 saturated heterocycles. The molecule has 0 saturated carbocycles. The van der Waals surface area contributed by atoms with Crippen LogP contribution in [-0.2, 0) is 20.5 Å². The molecule has 1 fully saturated rings. The second kappa shape index (κ2) is 7.91. The van der Waals surface area contributed by atoms with Crippen molar-refractivity contribution in [2.24, 2.45) is 0 Å². The van der Waals surface area contributed by atoms with Gasteiger partial charge in [0.05, 0.1) is 18.2 Å². The molecule has 1 unspecified atom stereocenters. The Hall–Kier alpha value is -2.41. The van der Waals surface area contributed by atoms with E-state index in [9.17, 15) is 9.90 Å². The Morgan fingerprint density at radius 1 is 1.11 bits per heavy atom. The predicted octanol–water partition coefficient (Wildman–Crippen LogP) is 3.44. The van der Waals surface area contributed by atoms with Gasteiger partial charge in [0.1, 0.15) is 5.76 Å². The van der Waals surface area contributed by atoms with Gasteiger partial charge in [-0.2, -0.15) is 0 Å². The predicted molar refractivity (Wildman–Crippen MR) is 107 cm³/mol. The van der Waals surface area contributed by atoms with Gasteiger partial charge in [-0.3, -0.25) is 4.79 Å². The molecule has 1 atom stereocenters. The normalized spacial score (nSPS) is 18.3. The lowest BCUT2D eigenvalue weighted by atomic mass is 9.73. The van der Waals surface area contributed by atoms with Crippen molar-refractivity contribution in [3.63, 3.8) is 0 Å². The van der Waals surface area contributed by atoms with Gasteiger partial charge >= 0.3 is 0 Å². The highest BCUT2D eigenvalue weighted by Gasteiger charge is 2.43. The van der Waals surface area contributed by atoms with E-state index in [1.807, 2.05) is 47.8 Å². The van der Waals surface area contributed by atoms with Crippen LogP contribution in [0.25, 0.3) is 0 Å². The van der Waals surface area contributed by atoms with Crippen LogP contribution in [0.5, 0.6) is 0 Å². The highest BCUT2D eigenvalue weighted by molar-refractivity contribution is 7.10. The molecule has 4 rings (SSSR count). The molecule has 0 aliphatic carbocycles. The third-order valence-corrected chi connectivity index (χ3v) is 6.49. The lowest BCUT2D eigenvalue weighted by molar-refractivity contribution is -0.131. The maximum atomic E-state index is 13.4. The van der Waals surface area contributed by atoms with Gasteiger partial charge < -0.3 is 19.6 Å². The molecular formula is C22H23NO4S. The van der Waals surface area contributed by atoms with Gasteiger partial charge in [-0.1, -0.05) is 36.4 Å². The summed E-state index contributed by atoms with van der Waals surface area (Å²) in [6.45, 7) is 1.11. The average Bonchev–Trinajstić information content (AvgIpc) is 3.48. The smallest absolute Gasteiger partial charge is 0.230 e. The zero-order valence-corrected chi connectivity index (χ0v) is 16.3. The van der Waals surface area contributed by atoms with Crippen LogP contribution in [0.4, 0.5) is 0 Å². The fourth-order valence-corrected chi connectivity index (χ4v) is 4.65. The van der Waals surface area contributed by atoms with Crippen LogP contribution in [0.15, 0.2) is 70.7 Å². The zero-order chi connectivity index (χ0) is 19.5. The van der Waals surface area contributed by atoms with Crippen LogP contribution < -0.4 is 5.32 Å². The summed E-state index contributed by atoms with van der Waals surface area (Å²) in [6, 6.07) is 17.0. The number of amides is 1. The average molecular weight is 397 g/mol. The summed E-state index contributed by atoms with van der Waals surface area (Å²) in [5, 5.41) is 16.3. The Kier molecular flexibility index (Phi) is 5.35. The summed E-state index contributed by atoms with van der Waals surface area (Å²) < 4.78 is 11.0. The molecule has 1 aliphatic heterocycles. The molecule has 0 bridgehead atoms. The molecular weight excluding hydrogens is 374 g/mol. The molecule has 1 aromatic carbocycles. The van der Waals surface area contributed by atoms with E-state index in [0.717, 1.165) is 10.4 Å². The molecule has 3 heterocycles. The molecule has 2 aromatic heterocycles. The second-order valence-corrected chi connectivity index (χ2v) is 8.01. The number of benzene rings is 1. The summed E-state index contributed by atoms with van der Waals surface area (Å²) >= 11 is 1.43. The van der Waals surface area contributed by atoms with Crippen molar-refractivity contribution in [1.29, 1.82) is 0 Å². The third-order valence-electron chi connectivity index (χ3n) is 5.47. The quantitative estimate of drug-likeness (QED) is 0.668. The van der Waals surface area contributed by atoms with Crippen molar-refractivity contribution in [3.8, 4) is 0 Å². The lowest BCUT2D eigenvalue weighted by Gasteiger charge is -2.37. The number of carbonyl (C=O) groups excluding carboxylic acids is 1. The largest absolute Gasteiger partial charge is 0.466 e. The van der Waals surface area contributed by atoms with Crippen molar-refractivity contribution in [2.45, 2.75) is 23.9 Å². The zero-order valence-electron chi connectivity index (χ0n) is 15.5. The first kappa shape index (κ1) is 18.9. The minimum atomic E-state index is -1.41. The maximum absolute atomic E-state index is 13.4. The fourth-order valence-electron chi connectivity index (χ4n) is 3.82. The first-order chi connectivity index (χ1) is 13.7. The number of ether oxygens (including phenoxy) is 1. The van der Waals surface area contributed by atoms with Crippen LogP contribution in [0.2, 0.25) is 0 Å². The van der Waals surface area contributed by atoms with Gasteiger partial charge in [-0.05, 0) is 42.0 Å². The molecule has 146 valence electrons. The Morgan fingerprint density at radius 2 is 1.89 bits per heavy atom. The Bertz CT molecular complexity index is 850. The Morgan fingerprint density at radius 3 is 2.54 bits per heavy atom. The van der Waals surface area contributed by atoms with Crippen molar-refractivity contribution >= 4 is 17.2 Å².